The van der Waals surface area contributed by atoms with Gasteiger partial charge in [-0.3, -0.25) is 0 Å². The van der Waals surface area contributed by atoms with Crippen LogP contribution in [0.1, 0.15) is 23.6 Å². The van der Waals surface area contributed by atoms with E-state index in [0.29, 0.717) is 5.58 Å². The molecule has 1 aromatic heterocycles. The van der Waals surface area contributed by atoms with Gasteiger partial charge in [-0.15, -0.1) is 0 Å². The zero-order valence-corrected chi connectivity index (χ0v) is 12.6. The molecule has 2 aromatic carbocycles. The number of rotatable bonds is 4. The van der Waals surface area contributed by atoms with E-state index < -0.39 is 0 Å². The van der Waals surface area contributed by atoms with Gasteiger partial charge in [0, 0.05) is 17.0 Å². The maximum atomic E-state index is 11.6. The lowest BCUT2D eigenvalue weighted by Crippen LogP contribution is -2.01. The molecule has 0 saturated carbocycles. The van der Waals surface area contributed by atoms with Gasteiger partial charge in [0.1, 0.15) is 5.58 Å². The van der Waals surface area contributed by atoms with Crippen molar-refractivity contribution in [3.63, 3.8) is 0 Å². The van der Waals surface area contributed by atoms with E-state index in [1.807, 2.05) is 43.3 Å². The molecular weight excluding hydrogens is 272 g/mol. The van der Waals surface area contributed by atoms with E-state index in [1.165, 1.54) is 17.2 Å². The molecule has 1 heterocycles. The maximum Gasteiger partial charge on any atom is 0.336 e. The molecule has 3 rings (SSSR count). The second-order valence-electron chi connectivity index (χ2n) is 5.31. The molecule has 0 saturated heterocycles. The standard InChI is InChI=1S/C20H18O2/c1-2-3-9-18-17(14-15-7-5-4-6-8-15)11-10-16-12-13-19(21)22-20(16)18/h2-8,10-13H,9,14H2,1H3/b3-2+. The van der Waals surface area contributed by atoms with Crippen molar-refractivity contribution in [2.24, 2.45) is 0 Å². The molecule has 0 atom stereocenters. The van der Waals surface area contributed by atoms with Crippen molar-refractivity contribution < 1.29 is 4.42 Å². The van der Waals surface area contributed by atoms with Crippen molar-refractivity contribution in [1.29, 1.82) is 0 Å². The summed E-state index contributed by atoms with van der Waals surface area (Å²) in [7, 11) is 0. The van der Waals surface area contributed by atoms with Crippen LogP contribution in [0.4, 0.5) is 0 Å². The summed E-state index contributed by atoms with van der Waals surface area (Å²) in [5.74, 6) is 0. The zero-order chi connectivity index (χ0) is 15.4. The van der Waals surface area contributed by atoms with E-state index in [4.69, 9.17) is 4.42 Å². The average Bonchev–Trinajstić information content (AvgIpc) is 2.54. The Labute approximate surface area is 129 Å². The summed E-state index contributed by atoms with van der Waals surface area (Å²) in [5.41, 5.74) is 3.95. The van der Waals surface area contributed by atoms with Crippen LogP contribution in [0.25, 0.3) is 11.0 Å². The summed E-state index contributed by atoms with van der Waals surface area (Å²) in [4.78, 5) is 11.6. The summed E-state index contributed by atoms with van der Waals surface area (Å²) < 4.78 is 5.48. The summed E-state index contributed by atoms with van der Waals surface area (Å²) >= 11 is 0. The van der Waals surface area contributed by atoms with E-state index in [1.54, 1.807) is 0 Å². The Kier molecular flexibility index (Phi) is 4.19. The molecule has 0 radical (unpaired) electrons. The molecule has 0 spiro atoms. The average molecular weight is 290 g/mol. The Balaban J connectivity index is 2.13. The van der Waals surface area contributed by atoms with Gasteiger partial charge in [0.25, 0.3) is 0 Å². The molecule has 0 amide bonds. The molecule has 2 heteroatoms. The first-order valence-electron chi connectivity index (χ1n) is 7.47. The topological polar surface area (TPSA) is 30.2 Å². The molecule has 0 aliphatic carbocycles. The van der Waals surface area contributed by atoms with E-state index >= 15 is 0 Å². The van der Waals surface area contributed by atoms with Crippen LogP contribution in [0.2, 0.25) is 0 Å². The van der Waals surface area contributed by atoms with Crippen LogP contribution in [0.3, 0.4) is 0 Å². The second kappa shape index (κ2) is 6.44. The van der Waals surface area contributed by atoms with Gasteiger partial charge in [-0.05, 0) is 37.0 Å². The fourth-order valence-electron chi connectivity index (χ4n) is 2.67. The zero-order valence-electron chi connectivity index (χ0n) is 12.6. The normalized spacial score (nSPS) is 11.3. The predicted molar refractivity (Wildman–Crippen MR) is 90.3 cm³/mol. The number of hydrogen-bond acceptors (Lipinski definition) is 2. The lowest BCUT2D eigenvalue weighted by Gasteiger charge is -2.11. The summed E-state index contributed by atoms with van der Waals surface area (Å²) in [6, 6.07) is 17.8. The number of allylic oxidation sites excluding steroid dienone is 2. The summed E-state index contributed by atoms with van der Waals surface area (Å²) in [6.07, 6.45) is 5.72. The quantitative estimate of drug-likeness (QED) is 0.523. The SMILES string of the molecule is C/C=C/Cc1c(Cc2ccccc2)ccc2ccc(=O)oc12. The lowest BCUT2D eigenvalue weighted by atomic mass is 9.95. The van der Waals surface area contributed by atoms with Gasteiger partial charge in [-0.1, -0.05) is 54.6 Å². The van der Waals surface area contributed by atoms with Crippen molar-refractivity contribution in [1.82, 2.24) is 0 Å². The molecule has 0 N–H and O–H groups in total. The Morgan fingerprint density at radius 1 is 1.00 bits per heavy atom. The van der Waals surface area contributed by atoms with Crippen LogP contribution in [0, 0.1) is 0 Å². The van der Waals surface area contributed by atoms with Gasteiger partial charge < -0.3 is 4.42 Å². The van der Waals surface area contributed by atoms with Gasteiger partial charge in [-0.25, -0.2) is 4.79 Å². The third kappa shape index (κ3) is 3.01. The summed E-state index contributed by atoms with van der Waals surface area (Å²) in [6.45, 7) is 2.00. The lowest BCUT2D eigenvalue weighted by molar-refractivity contribution is 0.557. The van der Waals surface area contributed by atoms with Crippen molar-refractivity contribution in [3.05, 3.63) is 93.9 Å². The van der Waals surface area contributed by atoms with E-state index in [-0.39, 0.29) is 5.63 Å². The fourth-order valence-corrected chi connectivity index (χ4v) is 2.67. The van der Waals surface area contributed by atoms with Crippen LogP contribution >= 0.6 is 0 Å². The van der Waals surface area contributed by atoms with Crippen molar-refractivity contribution in [2.45, 2.75) is 19.8 Å². The predicted octanol–water partition coefficient (Wildman–Crippen LogP) is 4.50. The minimum absolute atomic E-state index is 0.300. The summed E-state index contributed by atoms with van der Waals surface area (Å²) in [5, 5.41) is 0.968. The third-order valence-electron chi connectivity index (χ3n) is 3.78. The smallest absolute Gasteiger partial charge is 0.336 e. The first kappa shape index (κ1) is 14.3. The highest BCUT2D eigenvalue weighted by atomic mass is 16.4. The van der Waals surface area contributed by atoms with E-state index in [9.17, 15) is 4.79 Å². The Hall–Kier alpha value is -2.61. The first-order chi connectivity index (χ1) is 10.8. The van der Waals surface area contributed by atoms with Crippen LogP contribution in [-0.2, 0) is 12.8 Å². The third-order valence-corrected chi connectivity index (χ3v) is 3.78. The highest BCUT2D eigenvalue weighted by Crippen LogP contribution is 2.24. The van der Waals surface area contributed by atoms with Gasteiger partial charge >= 0.3 is 5.63 Å². The maximum absolute atomic E-state index is 11.6. The Bertz CT molecular complexity index is 858. The number of fused-ring (bicyclic) bond motifs is 1. The molecular formula is C20H18O2. The van der Waals surface area contributed by atoms with Crippen LogP contribution in [0.15, 0.2) is 76.0 Å². The monoisotopic (exact) mass is 290 g/mol. The van der Waals surface area contributed by atoms with Gasteiger partial charge in [0.15, 0.2) is 0 Å². The van der Waals surface area contributed by atoms with Crippen LogP contribution in [-0.4, -0.2) is 0 Å². The van der Waals surface area contributed by atoms with E-state index in [2.05, 4.69) is 24.3 Å². The first-order valence-corrected chi connectivity index (χ1v) is 7.47. The van der Waals surface area contributed by atoms with Crippen molar-refractivity contribution >= 4 is 11.0 Å². The van der Waals surface area contributed by atoms with Gasteiger partial charge in [-0.2, -0.15) is 0 Å². The number of hydrogen-bond donors (Lipinski definition) is 0. The molecule has 0 unspecified atom stereocenters. The Morgan fingerprint density at radius 2 is 1.77 bits per heavy atom. The molecule has 2 nitrogen and oxygen atoms in total. The molecule has 0 aliphatic rings. The van der Waals surface area contributed by atoms with Gasteiger partial charge in [0.05, 0.1) is 0 Å². The van der Waals surface area contributed by atoms with Gasteiger partial charge in [0.2, 0.25) is 0 Å². The minimum atomic E-state index is -0.300. The fraction of sp³-hybridized carbons (Fsp3) is 0.150. The molecule has 110 valence electrons. The Morgan fingerprint density at radius 3 is 2.55 bits per heavy atom. The molecule has 22 heavy (non-hydrogen) atoms. The molecule has 0 fully saturated rings. The van der Waals surface area contributed by atoms with Crippen molar-refractivity contribution in [3.8, 4) is 0 Å². The van der Waals surface area contributed by atoms with Crippen LogP contribution < -0.4 is 5.63 Å². The molecule has 3 aromatic rings. The molecule has 0 aliphatic heterocycles. The highest BCUT2D eigenvalue weighted by molar-refractivity contribution is 5.81. The van der Waals surface area contributed by atoms with Crippen molar-refractivity contribution in [2.75, 3.05) is 0 Å². The highest BCUT2D eigenvalue weighted by Gasteiger charge is 2.10. The number of benzene rings is 2. The molecule has 0 bridgehead atoms. The van der Waals surface area contributed by atoms with E-state index in [0.717, 1.165) is 23.8 Å². The van der Waals surface area contributed by atoms with Crippen LogP contribution in [0.5, 0.6) is 0 Å². The largest absolute Gasteiger partial charge is 0.422 e. The second-order valence-corrected chi connectivity index (χ2v) is 5.31. The minimum Gasteiger partial charge on any atom is -0.422 e.